The second-order valence-corrected chi connectivity index (χ2v) is 8.62. The number of hydrogen-bond donors (Lipinski definition) is 2. The molecule has 5 rings (SSSR count). The lowest BCUT2D eigenvalue weighted by molar-refractivity contribution is -0.0601. The van der Waals surface area contributed by atoms with Crippen molar-refractivity contribution in [2.75, 3.05) is 6.61 Å². The summed E-state index contributed by atoms with van der Waals surface area (Å²) in [7, 11) is 0. The van der Waals surface area contributed by atoms with Gasteiger partial charge in [0.15, 0.2) is 0 Å². The number of nitrogens with one attached hydrogen (secondary N) is 1. The Hall–Kier alpha value is -1.37. The van der Waals surface area contributed by atoms with E-state index in [1.54, 1.807) is 0 Å². The summed E-state index contributed by atoms with van der Waals surface area (Å²) in [5.74, 6) is 2.75. The summed E-state index contributed by atoms with van der Waals surface area (Å²) < 4.78 is 0. The van der Waals surface area contributed by atoms with Gasteiger partial charge in [-0.2, -0.15) is 5.26 Å². The molecule has 3 heteroatoms. The van der Waals surface area contributed by atoms with E-state index < -0.39 is 0 Å². The van der Waals surface area contributed by atoms with Gasteiger partial charge < -0.3 is 5.11 Å². The Labute approximate surface area is 145 Å². The van der Waals surface area contributed by atoms with Crippen LogP contribution in [0.25, 0.3) is 0 Å². The van der Waals surface area contributed by atoms with Gasteiger partial charge in [-0.1, -0.05) is 30.3 Å². The minimum atomic E-state index is -0.168. The van der Waals surface area contributed by atoms with Crippen molar-refractivity contribution in [3.63, 3.8) is 0 Å². The molecule has 128 valence electrons. The maximum Gasteiger partial charge on any atom is 0.0963 e. The third-order valence-corrected chi connectivity index (χ3v) is 6.74. The van der Waals surface area contributed by atoms with Crippen LogP contribution in [0.15, 0.2) is 30.3 Å². The first-order valence-corrected chi connectivity index (χ1v) is 9.51. The second-order valence-electron chi connectivity index (χ2n) is 8.62. The molecule has 0 radical (unpaired) electrons. The predicted molar refractivity (Wildman–Crippen MR) is 94.0 cm³/mol. The minimum absolute atomic E-state index is 0.0308. The summed E-state index contributed by atoms with van der Waals surface area (Å²) >= 11 is 0. The Morgan fingerprint density at radius 3 is 2.17 bits per heavy atom. The molecule has 4 bridgehead atoms. The molecule has 1 unspecified atom stereocenters. The standard InChI is InChI=1S/C21H28N2O/c22-13-19(23-20(14-24)18-4-2-1-3-5-18)12-21-9-15-6-16(10-21)8-17(7-15)11-21/h1-5,15-17,19-20,23-24H,6-12,14H2/t15?,16?,17?,19?,20-,21?/m0/s1. The van der Waals surface area contributed by atoms with Crippen LogP contribution in [0.2, 0.25) is 0 Å². The largest absolute Gasteiger partial charge is 0.394 e. The molecular formula is C21H28N2O. The highest BCUT2D eigenvalue weighted by molar-refractivity contribution is 5.20. The summed E-state index contributed by atoms with van der Waals surface area (Å²) in [6.07, 6.45) is 9.25. The average molecular weight is 324 g/mol. The van der Waals surface area contributed by atoms with Crippen LogP contribution in [-0.2, 0) is 0 Å². The van der Waals surface area contributed by atoms with Crippen LogP contribution in [0, 0.1) is 34.5 Å². The van der Waals surface area contributed by atoms with Crippen LogP contribution in [-0.4, -0.2) is 17.8 Å². The number of aliphatic hydroxyl groups is 1. The normalized spacial score (nSPS) is 36.2. The SMILES string of the molecule is N#CC(CC12CC3CC(CC(C3)C1)C2)N[C@@H](CO)c1ccccc1. The molecule has 2 atom stereocenters. The van der Waals surface area contributed by atoms with Crippen LogP contribution < -0.4 is 5.32 Å². The fourth-order valence-corrected chi connectivity index (χ4v) is 6.30. The maximum absolute atomic E-state index is 9.78. The van der Waals surface area contributed by atoms with Crippen molar-refractivity contribution in [3.8, 4) is 6.07 Å². The lowest BCUT2D eigenvalue weighted by atomic mass is 9.48. The summed E-state index contributed by atoms with van der Waals surface area (Å²) in [5, 5.41) is 22.9. The number of aliphatic hydroxyl groups excluding tert-OH is 1. The number of rotatable bonds is 6. The van der Waals surface area contributed by atoms with E-state index in [0.717, 1.165) is 29.7 Å². The van der Waals surface area contributed by atoms with E-state index in [1.807, 2.05) is 30.3 Å². The quantitative estimate of drug-likeness (QED) is 0.836. The van der Waals surface area contributed by atoms with Crippen molar-refractivity contribution in [1.29, 1.82) is 5.26 Å². The van der Waals surface area contributed by atoms with Crippen molar-refractivity contribution in [2.24, 2.45) is 23.2 Å². The van der Waals surface area contributed by atoms with Gasteiger partial charge in [0, 0.05) is 0 Å². The summed E-state index contributed by atoms with van der Waals surface area (Å²) in [4.78, 5) is 0. The van der Waals surface area contributed by atoms with E-state index in [1.165, 1.54) is 38.5 Å². The molecule has 0 heterocycles. The highest BCUT2D eigenvalue weighted by atomic mass is 16.3. The molecule has 24 heavy (non-hydrogen) atoms. The van der Waals surface area contributed by atoms with Crippen LogP contribution in [0.5, 0.6) is 0 Å². The molecule has 4 saturated carbocycles. The molecule has 1 aromatic carbocycles. The molecule has 4 aliphatic carbocycles. The zero-order valence-electron chi connectivity index (χ0n) is 14.3. The van der Waals surface area contributed by atoms with Gasteiger partial charge in [-0.05, 0) is 73.7 Å². The minimum Gasteiger partial charge on any atom is -0.394 e. The van der Waals surface area contributed by atoms with E-state index in [2.05, 4.69) is 11.4 Å². The number of benzene rings is 1. The fraction of sp³-hybridized carbons (Fsp3) is 0.667. The van der Waals surface area contributed by atoms with Crippen molar-refractivity contribution in [1.82, 2.24) is 5.32 Å². The third kappa shape index (κ3) is 3.10. The van der Waals surface area contributed by atoms with E-state index in [-0.39, 0.29) is 18.7 Å². The van der Waals surface area contributed by atoms with Gasteiger partial charge in [-0.3, -0.25) is 5.32 Å². The van der Waals surface area contributed by atoms with Gasteiger partial charge in [0.2, 0.25) is 0 Å². The molecule has 0 aliphatic heterocycles. The molecule has 1 aromatic rings. The Morgan fingerprint density at radius 1 is 1.08 bits per heavy atom. The van der Waals surface area contributed by atoms with Gasteiger partial charge >= 0.3 is 0 Å². The zero-order chi connectivity index (χ0) is 16.6. The Bertz CT molecular complexity index is 571. The van der Waals surface area contributed by atoms with E-state index >= 15 is 0 Å². The Morgan fingerprint density at radius 2 is 1.67 bits per heavy atom. The number of hydrogen-bond acceptors (Lipinski definition) is 3. The van der Waals surface area contributed by atoms with Crippen molar-refractivity contribution in [3.05, 3.63) is 35.9 Å². The molecule has 0 saturated heterocycles. The number of nitriles is 1. The predicted octanol–water partition coefficient (Wildman–Crippen LogP) is 3.81. The van der Waals surface area contributed by atoms with E-state index in [9.17, 15) is 10.4 Å². The van der Waals surface area contributed by atoms with Gasteiger partial charge in [0.25, 0.3) is 0 Å². The lowest BCUT2D eigenvalue weighted by Gasteiger charge is -2.57. The zero-order valence-corrected chi connectivity index (χ0v) is 14.3. The van der Waals surface area contributed by atoms with E-state index in [0.29, 0.717) is 5.41 Å². The molecular weight excluding hydrogens is 296 g/mol. The topological polar surface area (TPSA) is 56.0 Å². The molecule has 3 nitrogen and oxygen atoms in total. The Balaban J connectivity index is 1.45. The van der Waals surface area contributed by atoms with E-state index in [4.69, 9.17) is 0 Å². The molecule has 2 N–H and O–H groups in total. The molecule has 0 spiro atoms. The van der Waals surface area contributed by atoms with Crippen molar-refractivity contribution < 1.29 is 5.11 Å². The van der Waals surface area contributed by atoms with Gasteiger partial charge in [-0.25, -0.2) is 0 Å². The first-order valence-electron chi connectivity index (χ1n) is 9.51. The first kappa shape index (κ1) is 16.1. The molecule has 0 amide bonds. The fourth-order valence-electron chi connectivity index (χ4n) is 6.30. The van der Waals surface area contributed by atoms with Crippen molar-refractivity contribution >= 4 is 0 Å². The van der Waals surface area contributed by atoms with Crippen molar-refractivity contribution in [2.45, 2.75) is 57.0 Å². The molecule has 4 fully saturated rings. The van der Waals surface area contributed by atoms with Gasteiger partial charge in [0.05, 0.1) is 24.8 Å². The Kier molecular flexibility index (Phi) is 4.37. The molecule has 0 aromatic heterocycles. The highest BCUT2D eigenvalue weighted by Gasteiger charge is 2.51. The summed E-state index contributed by atoms with van der Waals surface area (Å²) in [5.41, 5.74) is 1.45. The van der Waals surface area contributed by atoms with Crippen LogP contribution >= 0.6 is 0 Å². The van der Waals surface area contributed by atoms with Crippen LogP contribution in [0.1, 0.15) is 56.6 Å². The highest BCUT2D eigenvalue weighted by Crippen LogP contribution is 2.61. The summed E-state index contributed by atoms with van der Waals surface area (Å²) in [6.45, 7) is 0.0308. The maximum atomic E-state index is 9.78. The number of nitrogens with zero attached hydrogens (tertiary/aromatic N) is 1. The van der Waals surface area contributed by atoms with Crippen LogP contribution in [0.3, 0.4) is 0 Å². The van der Waals surface area contributed by atoms with Gasteiger partial charge in [-0.15, -0.1) is 0 Å². The second kappa shape index (κ2) is 6.50. The van der Waals surface area contributed by atoms with Gasteiger partial charge in [0.1, 0.15) is 0 Å². The third-order valence-electron chi connectivity index (χ3n) is 6.74. The monoisotopic (exact) mass is 324 g/mol. The smallest absolute Gasteiger partial charge is 0.0963 e. The summed E-state index contributed by atoms with van der Waals surface area (Å²) in [6, 6.07) is 12.2. The average Bonchev–Trinajstić information content (AvgIpc) is 2.58. The first-order chi connectivity index (χ1) is 11.7. The van der Waals surface area contributed by atoms with Crippen LogP contribution in [0.4, 0.5) is 0 Å². The molecule has 4 aliphatic rings. The lowest BCUT2D eigenvalue weighted by Crippen LogP contribution is -2.49.